The van der Waals surface area contributed by atoms with Crippen LogP contribution in [0.1, 0.15) is 38.3 Å². The maximum atomic E-state index is 6.44. The average molecular weight is 292 g/mol. The maximum Gasteiger partial charge on any atom is 0.122 e. The molecule has 1 aromatic rings. The van der Waals surface area contributed by atoms with E-state index in [0.29, 0.717) is 5.92 Å². The lowest BCUT2D eigenvalue weighted by atomic mass is 9.90. The molecule has 2 atom stereocenters. The van der Waals surface area contributed by atoms with Crippen molar-refractivity contribution in [2.24, 2.45) is 11.7 Å². The van der Waals surface area contributed by atoms with Gasteiger partial charge in [-0.25, -0.2) is 0 Å². The summed E-state index contributed by atoms with van der Waals surface area (Å²) < 4.78 is 10.8. The van der Waals surface area contributed by atoms with Crippen LogP contribution in [-0.4, -0.2) is 38.3 Å². The summed E-state index contributed by atoms with van der Waals surface area (Å²) in [5.41, 5.74) is 7.63. The van der Waals surface area contributed by atoms with E-state index in [9.17, 15) is 0 Å². The zero-order chi connectivity index (χ0) is 15.4. The minimum atomic E-state index is 0.161. The van der Waals surface area contributed by atoms with E-state index in [4.69, 9.17) is 15.2 Å². The van der Waals surface area contributed by atoms with Crippen molar-refractivity contribution >= 4 is 0 Å². The molecule has 0 aromatic heterocycles. The number of likely N-dealkylation sites (tertiary alicyclic amines) is 1. The summed E-state index contributed by atoms with van der Waals surface area (Å²) in [6, 6.07) is 6.49. The molecule has 1 saturated heterocycles. The molecule has 0 saturated carbocycles. The number of rotatable bonds is 5. The fourth-order valence-corrected chi connectivity index (χ4v) is 3.23. The monoisotopic (exact) mass is 292 g/mol. The van der Waals surface area contributed by atoms with Crippen LogP contribution in [0.25, 0.3) is 0 Å². The smallest absolute Gasteiger partial charge is 0.122 e. The third-order valence-electron chi connectivity index (χ3n) is 4.10. The molecule has 1 aliphatic heterocycles. The molecule has 21 heavy (non-hydrogen) atoms. The van der Waals surface area contributed by atoms with Gasteiger partial charge in [-0.3, -0.25) is 4.90 Å². The first-order chi connectivity index (χ1) is 10.0. The van der Waals surface area contributed by atoms with E-state index < -0.39 is 0 Å². The summed E-state index contributed by atoms with van der Waals surface area (Å²) in [4.78, 5) is 2.51. The van der Waals surface area contributed by atoms with Crippen molar-refractivity contribution in [3.05, 3.63) is 23.8 Å². The Morgan fingerprint density at radius 3 is 2.33 bits per heavy atom. The Balaban J connectivity index is 2.34. The van der Waals surface area contributed by atoms with Crippen LogP contribution in [0.15, 0.2) is 18.2 Å². The van der Waals surface area contributed by atoms with Crippen molar-refractivity contribution in [2.75, 3.05) is 27.3 Å². The Bertz CT molecular complexity index is 440. The van der Waals surface area contributed by atoms with Gasteiger partial charge in [0.1, 0.15) is 11.5 Å². The first-order valence-electron chi connectivity index (χ1n) is 7.77. The fraction of sp³-hybridized carbons (Fsp3) is 0.647. The van der Waals surface area contributed by atoms with Crippen LogP contribution in [-0.2, 0) is 0 Å². The highest BCUT2D eigenvalue weighted by atomic mass is 16.5. The molecular weight excluding hydrogens is 264 g/mol. The standard InChI is InChI=1S/C17H28N2O2/c1-12(2)11-19-7-5-6-16(18)17(19)13-8-14(20-3)10-15(9-13)21-4/h8-10,12,16-17H,5-7,11,18H2,1-4H3. The lowest BCUT2D eigenvalue weighted by molar-refractivity contribution is 0.113. The zero-order valence-corrected chi connectivity index (χ0v) is 13.6. The molecular formula is C17H28N2O2. The molecule has 0 amide bonds. The summed E-state index contributed by atoms with van der Waals surface area (Å²) in [6.45, 7) is 6.68. The number of hydrogen-bond acceptors (Lipinski definition) is 4. The van der Waals surface area contributed by atoms with Crippen molar-refractivity contribution in [3.8, 4) is 11.5 Å². The van der Waals surface area contributed by atoms with E-state index >= 15 is 0 Å². The number of nitrogens with two attached hydrogens (primary N) is 1. The molecule has 0 bridgehead atoms. The molecule has 0 spiro atoms. The summed E-state index contributed by atoms with van der Waals surface area (Å²) in [5.74, 6) is 2.28. The van der Waals surface area contributed by atoms with Gasteiger partial charge in [0.05, 0.1) is 20.3 Å². The van der Waals surface area contributed by atoms with E-state index in [-0.39, 0.29) is 12.1 Å². The first-order valence-corrected chi connectivity index (χ1v) is 7.77. The Labute approximate surface area is 128 Å². The number of benzene rings is 1. The highest BCUT2D eigenvalue weighted by molar-refractivity contribution is 5.40. The number of ether oxygens (including phenoxy) is 2. The first kappa shape index (κ1) is 16.1. The van der Waals surface area contributed by atoms with Crippen LogP contribution in [0.2, 0.25) is 0 Å². The summed E-state index contributed by atoms with van der Waals surface area (Å²) >= 11 is 0. The summed E-state index contributed by atoms with van der Waals surface area (Å²) in [7, 11) is 3.37. The zero-order valence-electron chi connectivity index (χ0n) is 13.6. The minimum absolute atomic E-state index is 0.161. The molecule has 0 aliphatic carbocycles. The molecule has 2 N–H and O–H groups in total. The molecule has 118 valence electrons. The molecule has 1 fully saturated rings. The van der Waals surface area contributed by atoms with Gasteiger partial charge in [0, 0.05) is 18.7 Å². The second kappa shape index (κ2) is 7.14. The van der Waals surface area contributed by atoms with Crippen LogP contribution < -0.4 is 15.2 Å². The highest BCUT2D eigenvalue weighted by Crippen LogP contribution is 2.35. The number of piperidine rings is 1. The molecule has 4 nitrogen and oxygen atoms in total. The topological polar surface area (TPSA) is 47.7 Å². The number of hydrogen-bond donors (Lipinski definition) is 1. The quantitative estimate of drug-likeness (QED) is 0.906. The molecule has 1 aliphatic rings. The van der Waals surface area contributed by atoms with E-state index in [2.05, 4.69) is 30.9 Å². The van der Waals surface area contributed by atoms with Crippen LogP contribution in [0.4, 0.5) is 0 Å². The van der Waals surface area contributed by atoms with Crippen LogP contribution in [0.3, 0.4) is 0 Å². The normalized spacial score (nSPS) is 23.3. The summed E-state index contributed by atoms with van der Waals surface area (Å²) in [6.07, 6.45) is 2.24. The van der Waals surface area contributed by atoms with E-state index in [1.165, 1.54) is 12.0 Å². The Hall–Kier alpha value is -1.26. The van der Waals surface area contributed by atoms with Gasteiger partial charge in [0.15, 0.2) is 0 Å². The van der Waals surface area contributed by atoms with E-state index in [1.54, 1.807) is 14.2 Å². The van der Waals surface area contributed by atoms with Gasteiger partial charge in [-0.05, 0) is 43.0 Å². The van der Waals surface area contributed by atoms with Crippen molar-refractivity contribution in [1.82, 2.24) is 4.90 Å². The maximum absolute atomic E-state index is 6.44. The lowest BCUT2D eigenvalue weighted by Crippen LogP contribution is -2.47. The third-order valence-corrected chi connectivity index (χ3v) is 4.10. The van der Waals surface area contributed by atoms with Gasteiger partial charge in [-0.2, -0.15) is 0 Å². The molecule has 0 radical (unpaired) electrons. The number of methoxy groups -OCH3 is 2. The van der Waals surface area contributed by atoms with Gasteiger partial charge in [0.2, 0.25) is 0 Å². The molecule has 4 heteroatoms. The molecule has 1 heterocycles. The van der Waals surface area contributed by atoms with Gasteiger partial charge >= 0.3 is 0 Å². The lowest BCUT2D eigenvalue weighted by Gasteiger charge is -2.41. The van der Waals surface area contributed by atoms with E-state index in [0.717, 1.165) is 31.0 Å². The summed E-state index contributed by atoms with van der Waals surface area (Å²) in [5, 5.41) is 0. The van der Waals surface area contributed by atoms with Gasteiger partial charge in [-0.15, -0.1) is 0 Å². The van der Waals surface area contributed by atoms with Crippen molar-refractivity contribution in [1.29, 1.82) is 0 Å². The SMILES string of the molecule is COc1cc(OC)cc(C2C(N)CCCN2CC(C)C)c1. The van der Waals surface area contributed by atoms with Crippen LogP contribution in [0, 0.1) is 5.92 Å². The van der Waals surface area contributed by atoms with Crippen LogP contribution >= 0.6 is 0 Å². The Morgan fingerprint density at radius 1 is 1.19 bits per heavy atom. The predicted octanol–water partition coefficient (Wildman–Crippen LogP) is 2.82. The van der Waals surface area contributed by atoms with Crippen molar-refractivity contribution in [2.45, 2.75) is 38.8 Å². The van der Waals surface area contributed by atoms with Gasteiger partial charge in [-0.1, -0.05) is 13.8 Å². The Kier molecular flexibility index (Phi) is 5.48. The van der Waals surface area contributed by atoms with E-state index in [1.807, 2.05) is 6.07 Å². The minimum Gasteiger partial charge on any atom is -0.497 e. The van der Waals surface area contributed by atoms with Crippen molar-refractivity contribution in [3.63, 3.8) is 0 Å². The van der Waals surface area contributed by atoms with Crippen molar-refractivity contribution < 1.29 is 9.47 Å². The second-order valence-electron chi connectivity index (χ2n) is 6.29. The molecule has 2 unspecified atom stereocenters. The Morgan fingerprint density at radius 2 is 1.81 bits per heavy atom. The molecule has 2 rings (SSSR count). The highest BCUT2D eigenvalue weighted by Gasteiger charge is 2.31. The average Bonchev–Trinajstić information content (AvgIpc) is 2.46. The van der Waals surface area contributed by atoms with Gasteiger partial charge in [0.25, 0.3) is 0 Å². The van der Waals surface area contributed by atoms with Gasteiger partial charge < -0.3 is 15.2 Å². The fourth-order valence-electron chi connectivity index (χ4n) is 3.23. The number of nitrogens with zero attached hydrogens (tertiary/aromatic N) is 1. The second-order valence-corrected chi connectivity index (χ2v) is 6.29. The predicted molar refractivity (Wildman–Crippen MR) is 85.9 cm³/mol. The van der Waals surface area contributed by atoms with Crippen LogP contribution in [0.5, 0.6) is 11.5 Å². The largest absolute Gasteiger partial charge is 0.497 e. The third kappa shape index (κ3) is 3.89. The molecule has 1 aromatic carbocycles.